The molecule has 66 heteroatoms. The van der Waals surface area contributed by atoms with Gasteiger partial charge in [0, 0.05) is 0 Å². The summed E-state index contributed by atoms with van der Waals surface area (Å²) in [6.45, 7) is -14.3. The minimum Gasteiger partial charge on any atom is -0.394 e. The molecular weight excluding hydrogens is 1990 g/mol. The summed E-state index contributed by atoms with van der Waals surface area (Å²) in [5, 5.41) is 448. The lowest BCUT2D eigenvalue weighted by molar-refractivity contribution is -0.402. The Balaban J connectivity index is 0.561. The zero-order valence-corrected chi connectivity index (χ0v) is 75.3. The van der Waals surface area contributed by atoms with Crippen LogP contribution in [0.15, 0.2) is 0 Å². The zero-order valence-electron chi connectivity index (χ0n) is 75.3. The summed E-state index contributed by atoms with van der Waals surface area (Å²) in [4.78, 5) is 0. The van der Waals surface area contributed by atoms with Crippen LogP contribution < -0.4 is 0 Å². The molecule has 0 aromatic carbocycles. The van der Waals surface area contributed by atoms with Gasteiger partial charge in [-0.2, -0.15) is 0 Å². The number of aliphatic hydroxyl groups is 41. The molecule has 0 bridgehead atoms. The van der Waals surface area contributed by atoms with E-state index >= 15 is 0 Å². The monoisotopic (exact) mass is 2120 g/mol. The van der Waals surface area contributed by atoms with Crippen LogP contribution in [0.4, 0.5) is 0 Å². The highest BCUT2D eigenvalue weighted by molar-refractivity contribution is 5.06. The number of rotatable bonds is 37. The fourth-order valence-electron chi connectivity index (χ4n) is 18.9. The summed E-state index contributed by atoms with van der Waals surface area (Å²) in [5.74, 6) is 0. The van der Waals surface area contributed by atoms with E-state index in [-0.39, 0.29) is 0 Å². The normalized spacial score (nSPS) is 53.9. The van der Waals surface area contributed by atoms with Crippen molar-refractivity contribution in [2.45, 2.75) is 399 Å². The molecule has 13 fully saturated rings. The van der Waals surface area contributed by atoms with Crippen molar-refractivity contribution in [2.24, 2.45) is 0 Å². The van der Waals surface area contributed by atoms with E-state index in [0.717, 1.165) is 0 Å². The first-order valence-electron chi connectivity index (χ1n) is 45.8. The van der Waals surface area contributed by atoms with Crippen LogP contribution in [-0.2, 0) is 118 Å². The van der Waals surface area contributed by atoms with Crippen molar-refractivity contribution in [3.8, 4) is 0 Å². The number of hydrogen-bond acceptors (Lipinski definition) is 66. The summed E-state index contributed by atoms with van der Waals surface area (Å²) < 4.78 is 141. The van der Waals surface area contributed by atoms with Crippen LogP contribution in [0.3, 0.4) is 0 Å². The van der Waals surface area contributed by atoms with Crippen LogP contribution >= 0.6 is 0 Å². The van der Waals surface area contributed by atoms with Gasteiger partial charge in [-0.3, -0.25) is 0 Å². The van der Waals surface area contributed by atoms with E-state index in [2.05, 4.69) is 0 Å². The van der Waals surface area contributed by atoms with Crippen molar-refractivity contribution in [1.82, 2.24) is 0 Å². The van der Waals surface area contributed by atoms with Crippen molar-refractivity contribution >= 4 is 0 Å². The lowest BCUT2D eigenvalue weighted by Gasteiger charge is -2.50. The molecule has 144 heavy (non-hydrogen) atoms. The average molecular weight is 2130 g/mol. The highest BCUT2D eigenvalue weighted by Crippen LogP contribution is 2.44. The molecule has 0 radical (unpaired) electrons. The van der Waals surface area contributed by atoms with Gasteiger partial charge < -0.3 is 328 Å². The smallest absolute Gasteiger partial charge is 0.187 e. The Bertz CT molecular complexity index is 3620. The quantitative estimate of drug-likeness (QED) is 0.0275. The van der Waals surface area contributed by atoms with Crippen LogP contribution in [-0.4, -0.2) is 694 Å². The van der Waals surface area contributed by atoms with Crippen molar-refractivity contribution in [1.29, 1.82) is 0 Å². The summed E-state index contributed by atoms with van der Waals surface area (Å²) in [6.07, 6.45) is -135. The molecule has 13 aliphatic rings. The van der Waals surface area contributed by atoms with Gasteiger partial charge in [-0.1, -0.05) is 0 Å². The molecule has 0 aromatic heterocycles. The molecule has 13 aliphatic heterocycles. The van der Waals surface area contributed by atoms with Gasteiger partial charge in [0.1, 0.15) is 317 Å². The molecule has 13 saturated heterocycles. The van der Waals surface area contributed by atoms with E-state index in [0.29, 0.717) is 0 Å². The second-order valence-electron chi connectivity index (χ2n) is 36.4. The molecule has 840 valence electrons. The van der Waals surface area contributed by atoms with Crippen molar-refractivity contribution in [3.63, 3.8) is 0 Å². The topological polar surface area (TPSA) is 1060 Å². The molecule has 0 saturated carbocycles. The summed E-state index contributed by atoms with van der Waals surface area (Å²) in [6, 6.07) is 0. The van der Waals surface area contributed by atoms with E-state index in [1.165, 1.54) is 0 Å². The lowest BCUT2D eigenvalue weighted by Crippen LogP contribution is -2.69. The molecule has 13 heterocycles. The highest BCUT2D eigenvalue weighted by Gasteiger charge is 2.64. The predicted octanol–water partition coefficient (Wildman–Crippen LogP) is -29.3. The van der Waals surface area contributed by atoms with E-state index in [1.807, 2.05) is 0 Å². The lowest BCUT2D eigenvalue weighted by atomic mass is 9.95. The first kappa shape index (κ1) is 118. The molecule has 66 nitrogen and oxygen atoms in total. The van der Waals surface area contributed by atoms with Crippen LogP contribution in [0.5, 0.6) is 0 Å². The van der Waals surface area contributed by atoms with Gasteiger partial charge in [0.25, 0.3) is 0 Å². The molecule has 41 N–H and O–H groups in total. The van der Waals surface area contributed by atoms with Crippen molar-refractivity contribution in [2.75, 3.05) is 85.9 Å². The Hall–Kier alpha value is -2.64. The maximum absolute atomic E-state index is 11.6. The van der Waals surface area contributed by atoms with Crippen LogP contribution in [0, 0.1) is 0 Å². The minimum atomic E-state index is -2.38. The van der Waals surface area contributed by atoms with Crippen LogP contribution in [0.25, 0.3) is 0 Å². The zero-order chi connectivity index (χ0) is 105. The third kappa shape index (κ3) is 24.3. The first-order valence-corrected chi connectivity index (χ1v) is 45.8. The molecule has 0 spiro atoms. The Morgan fingerprint density at radius 2 is 0.201 bits per heavy atom. The van der Waals surface area contributed by atoms with Gasteiger partial charge in [0.05, 0.1) is 85.9 Å². The Morgan fingerprint density at radius 3 is 0.319 bits per heavy atom. The fourth-order valence-corrected chi connectivity index (χ4v) is 18.9. The summed E-state index contributed by atoms with van der Waals surface area (Å²) >= 11 is 0. The number of aliphatic hydroxyl groups excluding tert-OH is 41. The fraction of sp³-hybridized carbons (Fsp3) is 1.00. The minimum absolute atomic E-state index is 0.883. The van der Waals surface area contributed by atoms with Crippen LogP contribution in [0.2, 0.25) is 0 Å². The maximum atomic E-state index is 11.6. The number of hydrogen-bond donors (Lipinski definition) is 41. The Morgan fingerprint density at radius 1 is 0.104 bits per heavy atom. The summed E-state index contributed by atoms with van der Waals surface area (Å²) in [5.41, 5.74) is 0. The van der Waals surface area contributed by atoms with Crippen molar-refractivity contribution < 1.29 is 328 Å². The van der Waals surface area contributed by atoms with Gasteiger partial charge in [0.15, 0.2) is 81.8 Å². The molecule has 0 aliphatic carbocycles. The van der Waals surface area contributed by atoms with Gasteiger partial charge in [-0.25, -0.2) is 0 Å². The van der Waals surface area contributed by atoms with E-state index in [1.54, 1.807) is 0 Å². The Kier molecular flexibility index (Phi) is 42.2. The van der Waals surface area contributed by atoms with Gasteiger partial charge in [0.2, 0.25) is 0 Å². The highest BCUT2D eigenvalue weighted by atomic mass is 16.8. The van der Waals surface area contributed by atoms with Crippen molar-refractivity contribution in [3.05, 3.63) is 0 Å². The SMILES string of the molecule is OC[C@H]1O[C@@H](O[C@H]2[C@H](O)[C@@H](O)[C@H](O[C@H]3[C@H](O)[C@H](O)[C@H](O[C@H]4[C@H](O)[C@H](O)[C@H](O[C@H]5[C@H](O)[C@@H](O)[C@H](O[C@H]6[C@H](O)[C@H](O)[C@H](O[C@H]7[C@H](O)[C@H](O)[C@H](O[C@H]8[C@H](O)[C@H](O)[C@H](O[C@H]9[C@H](O)[C@H](O)[C@H](O[C@H]%10[C@H](O)[C@H](O)[C@H](O[C@H]%11[C@H](O)[C@@H](O)[C@H](O[C@H]%12[C@H](O)[C@@H](O)[C@H](O[C@H]%13[C@@H](O)[C@H](O)C(O)O[C@@H]%13CO)O[C@@H]%12CO)O[C@@H]%11CO)O[C@@H]%10CO)O[C@@H]9CO)O[C@@H]8CO)O[C@@H]7CO)O[C@@H]6CO)O[C@@H]5CO)O[C@@H]4CO)O[C@@H]3CO)O[C@@H]2CO)[C@H](O)[C@@H](O)[C@@H]1O. The maximum Gasteiger partial charge on any atom is 0.187 e. The van der Waals surface area contributed by atoms with E-state index in [9.17, 15) is 209 Å². The molecule has 0 amide bonds. The third-order valence-electron chi connectivity index (χ3n) is 27.2. The largest absolute Gasteiger partial charge is 0.394 e. The third-order valence-corrected chi connectivity index (χ3v) is 27.2. The van der Waals surface area contributed by atoms with Gasteiger partial charge >= 0.3 is 0 Å². The predicted molar refractivity (Wildman–Crippen MR) is 428 cm³/mol. The molecule has 0 aromatic rings. The molecular formula is C78H132O66. The van der Waals surface area contributed by atoms with E-state index in [4.69, 9.17) is 118 Å². The average Bonchev–Trinajstić information content (AvgIpc) is 0.751. The Labute approximate surface area is 810 Å². The number of ether oxygens (including phenoxy) is 25. The standard InChI is InChI=1S/C78H132O66/c79-1-14-27(92)28(93)42(107)67(121-14)134-55-16(3-81)123-69(44(109)30(55)95)136-57-18(5-83)125-71(46(111)32(57)97)138-59-20(7-85)127-73(48(113)34(59)99)140-61-22(9-87)129-75(50(115)36(61)101)142-63-24(11-89)131-77(52(117)38(63)103)144-65-26(13-91)132-78(53(118)40(65)105)143-64-25(12-90)130-76(51(116)39(64)104)141-62-23(10-88)128-74(49(114)37(62)102)139-60-21(8-86)126-72(47(112)35(60)100)137-58-19(6-84)124-70(45(110)33(58)98)135-56-17(4-82)122-68(43(108)31(56)96)133-54-15(2-80)120-66(119)41(106)29(54)94/h14-119H,1-13H2/t14-,15-,16-,17-,18-,19-,20-,21-,22-,23-,24-,25-,26-,27-,28+,29+,30-,31-,32-,33-,34-,35-,36-,37-,38-,39-,40-,41+,42-,43-,44-,45-,46+,47+,48+,49+,50-,51+,52+,53+,54-,55-,56-,57-,58-,59-,60-,61-,62-,63-,64-,65-,66?,67+,68+,69+,70+,71+,72+,73+,74+,75+,76+,77+,78+/m1/s1. The first-order chi connectivity index (χ1) is 68.4. The molecule has 1 unspecified atom stereocenters. The second kappa shape index (κ2) is 51.4. The van der Waals surface area contributed by atoms with Gasteiger partial charge in [-0.05, 0) is 0 Å². The molecule has 13 rings (SSSR count). The van der Waals surface area contributed by atoms with Gasteiger partial charge in [-0.15, -0.1) is 0 Å². The van der Waals surface area contributed by atoms with E-state index < -0.39 is 485 Å². The second-order valence-corrected chi connectivity index (χ2v) is 36.4. The van der Waals surface area contributed by atoms with Crippen LogP contribution in [0.1, 0.15) is 0 Å². The summed E-state index contributed by atoms with van der Waals surface area (Å²) in [7, 11) is 0. The molecule has 65 atom stereocenters.